The third-order valence-corrected chi connectivity index (χ3v) is 4.32. The summed E-state index contributed by atoms with van der Waals surface area (Å²) >= 11 is 0. The average molecular weight is 389 g/mol. The highest BCUT2D eigenvalue weighted by molar-refractivity contribution is 6.02. The second-order valence-electron chi connectivity index (χ2n) is 6.41. The molecule has 148 valence electrons. The third-order valence-electron chi connectivity index (χ3n) is 4.32. The number of esters is 1. The summed E-state index contributed by atoms with van der Waals surface area (Å²) in [5.41, 5.74) is 2.88. The Morgan fingerprint density at radius 1 is 0.862 bits per heavy atom. The van der Waals surface area contributed by atoms with Gasteiger partial charge in [-0.25, -0.2) is 4.79 Å². The summed E-state index contributed by atoms with van der Waals surface area (Å²) in [4.78, 5) is 24.6. The van der Waals surface area contributed by atoms with Crippen LogP contribution < -0.4 is 10.1 Å². The molecule has 29 heavy (non-hydrogen) atoms. The van der Waals surface area contributed by atoms with Crippen LogP contribution in [0.15, 0.2) is 78.9 Å². The maximum atomic E-state index is 12.5. The predicted molar refractivity (Wildman–Crippen MR) is 113 cm³/mol. The zero-order chi connectivity index (χ0) is 20.6. The first kappa shape index (κ1) is 20.1. The van der Waals surface area contributed by atoms with Crippen molar-refractivity contribution in [3.63, 3.8) is 0 Å². The lowest BCUT2D eigenvalue weighted by Crippen LogP contribution is -2.30. The van der Waals surface area contributed by atoms with Gasteiger partial charge in [0.1, 0.15) is 5.75 Å². The van der Waals surface area contributed by atoms with Crippen molar-refractivity contribution in [2.45, 2.75) is 20.0 Å². The molecular formula is C24H23NO4. The van der Waals surface area contributed by atoms with E-state index in [4.69, 9.17) is 9.47 Å². The summed E-state index contributed by atoms with van der Waals surface area (Å²) in [6.07, 6.45) is -0.743. The van der Waals surface area contributed by atoms with Crippen LogP contribution in [-0.2, 0) is 9.53 Å². The quantitative estimate of drug-likeness (QED) is 0.582. The molecule has 0 aromatic heterocycles. The van der Waals surface area contributed by atoms with Crippen LogP contribution in [0.4, 0.5) is 5.69 Å². The molecule has 0 aliphatic rings. The molecule has 1 atom stereocenters. The Bertz CT molecular complexity index is 968. The number of nitrogens with one attached hydrogen (secondary N) is 1. The smallest absolute Gasteiger partial charge is 0.340 e. The molecule has 5 nitrogen and oxygen atoms in total. The molecule has 0 fully saturated rings. The monoisotopic (exact) mass is 389 g/mol. The fourth-order valence-corrected chi connectivity index (χ4v) is 2.83. The maximum absolute atomic E-state index is 12.5. The van der Waals surface area contributed by atoms with Crippen molar-refractivity contribution >= 4 is 17.6 Å². The molecule has 1 amide bonds. The molecule has 0 radical (unpaired) electrons. The van der Waals surface area contributed by atoms with E-state index in [0.717, 1.165) is 11.1 Å². The van der Waals surface area contributed by atoms with E-state index >= 15 is 0 Å². The summed E-state index contributed by atoms with van der Waals surface area (Å²) in [6, 6.07) is 24.3. The molecule has 3 aromatic rings. The van der Waals surface area contributed by atoms with Crippen molar-refractivity contribution < 1.29 is 19.1 Å². The van der Waals surface area contributed by atoms with Gasteiger partial charge in [-0.05, 0) is 49.2 Å². The Balaban J connectivity index is 1.65. The first-order chi connectivity index (χ1) is 14.1. The number of ether oxygens (including phenoxy) is 2. The highest BCUT2D eigenvalue weighted by Gasteiger charge is 2.19. The van der Waals surface area contributed by atoms with Crippen molar-refractivity contribution in [3.05, 3.63) is 84.4 Å². The fraction of sp³-hybridized carbons (Fsp3) is 0.167. The number of hydrogen-bond acceptors (Lipinski definition) is 4. The summed E-state index contributed by atoms with van der Waals surface area (Å²) in [7, 11) is 0. The molecule has 0 spiro atoms. The SMILES string of the molecule is CCOC(=O)c1ccccc1NC(=O)C(C)Oc1ccc(-c2ccccc2)cc1. The molecule has 0 saturated heterocycles. The van der Waals surface area contributed by atoms with Gasteiger partial charge in [0, 0.05) is 0 Å². The van der Waals surface area contributed by atoms with E-state index in [0.29, 0.717) is 17.0 Å². The van der Waals surface area contributed by atoms with Crippen LogP contribution in [0.5, 0.6) is 5.75 Å². The van der Waals surface area contributed by atoms with Crippen LogP contribution in [0.25, 0.3) is 11.1 Å². The second-order valence-corrected chi connectivity index (χ2v) is 6.41. The van der Waals surface area contributed by atoms with Crippen LogP contribution in [0, 0.1) is 0 Å². The number of rotatable bonds is 7. The Hall–Kier alpha value is -3.60. The van der Waals surface area contributed by atoms with E-state index in [1.54, 1.807) is 38.1 Å². The lowest BCUT2D eigenvalue weighted by Gasteiger charge is -2.16. The van der Waals surface area contributed by atoms with Crippen molar-refractivity contribution in [1.29, 1.82) is 0 Å². The number of carbonyl (C=O) groups is 2. The Kier molecular flexibility index (Phi) is 6.63. The topological polar surface area (TPSA) is 64.6 Å². The molecule has 1 N–H and O–H groups in total. The van der Waals surface area contributed by atoms with E-state index in [-0.39, 0.29) is 12.5 Å². The average Bonchev–Trinajstić information content (AvgIpc) is 2.75. The van der Waals surface area contributed by atoms with Gasteiger partial charge in [-0.15, -0.1) is 0 Å². The minimum atomic E-state index is -0.743. The lowest BCUT2D eigenvalue weighted by molar-refractivity contribution is -0.122. The Morgan fingerprint density at radius 2 is 1.48 bits per heavy atom. The minimum absolute atomic E-state index is 0.263. The van der Waals surface area contributed by atoms with Crippen molar-refractivity contribution in [2.75, 3.05) is 11.9 Å². The number of hydrogen-bond donors (Lipinski definition) is 1. The van der Waals surface area contributed by atoms with E-state index in [1.807, 2.05) is 54.6 Å². The zero-order valence-electron chi connectivity index (χ0n) is 16.4. The van der Waals surface area contributed by atoms with Gasteiger partial charge in [-0.1, -0.05) is 54.6 Å². The van der Waals surface area contributed by atoms with Crippen molar-refractivity contribution in [2.24, 2.45) is 0 Å². The Morgan fingerprint density at radius 3 is 2.17 bits per heavy atom. The number of para-hydroxylation sites is 1. The van der Waals surface area contributed by atoms with Crippen LogP contribution in [0.3, 0.4) is 0 Å². The molecule has 0 aliphatic carbocycles. The highest BCUT2D eigenvalue weighted by atomic mass is 16.5. The first-order valence-electron chi connectivity index (χ1n) is 9.47. The molecule has 5 heteroatoms. The third kappa shape index (κ3) is 5.23. The van der Waals surface area contributed by atoms with Gasteiger partial charge in [0.15, 0.2) is 6.10 Å². The Labute approximate surface area is 170 Å². The number of carbonyl (C=O) groups excluding carboxylic acids is 2. The van der Waals surface area contributed by atoms with Gasteiger partial charge >= 0.3 is 5.97 Å². The van der Waals surface area contributed by atoms with Crippen LogP contribution >= 0.6 is 0 Å². The van der Waals surface area contributed by atoms with E-state index in [1.165, 1.54) is 0 Å². The molecule has 0 bridgehead atoms. The summed E-state index contributed by atoms with van der Waals surface area (Å²) in [5, 5.41) is 2.74. The van der Waals surface area contributed by atoms with Gasteiger partial charge in [-0.3, -0.25) is 4.79 Å². The number of benzene rings is 3. The summed E-state index contributed by atoms with van der Waals surface area (Å²) in [6.45, 7) is 3.66. The molecule has 3 aromatic carbocycles. The first-order valence-corrected chi connectivity index (χ1v) is 9.47. The highest BCUT2D eigenvalue weighted by Crippen LogP contribution is 2.23. The molecule has 1 unspecified atom stereocenters. The predicted octanol–water partition coefficient (Wildman–Crippen LogP) is 4.94. The molecule has 0 saturated carbocycles. The standard InChI is InChI=1S/C24H23NO4/c1-3-28-24(27)21-11-7-8-12-22(21)25-23(26)17(2)29-20-15-13-19(14-16-20)18-9-5-4-6-10-18/h4-17H,3H2,1-2H3,(H,25,26). The van der Waals surface area contributed by atoms with Gasteiger partial charge in [0.25, 0.3) is 5.91 Å². The largest absolute Gasteiger partial charge is 0.481 e. The zero-order valence-corrected chi connectivity index (χ0v) is 16.4. The van der Waals surface area contributed by atoms with E-state index in [2.05, 4.69) is 5.32 Å². The number of anilines is 1. The van der Waals surface area contributed by atoms with Crippen LogP contribution in [0.2, 0.25) is 0 Å². The van der Waals surface area contributed by atoms with Crippen molar-refractivity contribution in [1.82, 2.24) is 0 Å². The maximum Gasteiger partial charge on any atom is 0.340 e. The van der Waals surface area contributed by atoms with Gasteiger partial charge in [-0.2, -0.15) is 0 Å². The molecule has 0 aliphatic heterocycles. The van der Waals surface area contributed by atoms with E-state index < -0.39 is 12.1 Å². The van der Waals surface area contributed by atoms with Crippen molar-refractivity contribution in [3.8, 4) is 16.9 Å². The normalized spacial score (nSPS) is 11.4. The second kappa shape index (κ2) is 9.55. The molecular weight excluding hydrogens is 366 g/mol. The lowest BCUT2D eigenvalue weighted by atomic mass is 10.1. The van der Waals surface area contributed by atoms with E-state index in [9.17, 15) is 9.59 Å². The van der Waals surface area contributed by atoms with Crippen LogP contribution in [-0.4, -0.2) is 24.6 Å². The summed E-state index contributed by atoms with van der Waals surface area (Å²) in [5.74, 6) is -0.242. The number of amides is 1. The summed E-state index contributed by atoms with van der Waals surface area (Å²) < 4.78 is 10.8. The van der Waals surface area contributed by atoms with Gasteiger partial charge in [0.2, 0.25) is 0 Å². The molecule has 3 rings (SSSR count). The van der Waals surface area contributed by atoms with Crippen LogP contribution in [0.1, 0.15) is 24.2 Å². The van der Waals surface area contributed by atoms with Gasteiger partial charge < -0.3 is 14.8 Å². The fourth-order valence-electron chi connectivity index (χ4n) is 2.83. The van der Waals surface area contributed by atoms with Gasteiger partial charge in [0.05, 0.1) is 17.9 Å². The molecule has 0 heterocycles. The minimum Gasteiger partial charge on any atom is -0.481 e.